The van der Waals surface area contributed by atoms with Crippen LogP contribution in [0.1, 0.15) is 19.8 Å². The molecule has 0 N–H and O–H groups in total. The molecule has 0 atom stereocenters. The van der Waals surface area contributed by atoms with Gasteiger partial charge in [0.15, 0.2) is 0 Å². The molecule has 0 bridgehead atoms. The van der Waals surface area contributed by atoms with E-state index in [9.17, 15) is 13.0 Å². The van der Waals surface area contributed by atoms with Crippen LogP contribution in [0.15, 0.2) is 0 Å². The first kappa shape index (κ1) is 16.0. The van der Waals surface area contributed by atoms with Gasteiger partial charge >= 0.3 is 0 Å². The lowest BCUT2D eigenvalue weighted by atomic mass is 10.2. The lowest BCUT2D eigenvalue weighted by molar-refractivity contribution is -0.913. The Hall–Kier alpha value is -1.01. The average Bonchev–Trinajstić information content (AvgIpc) is 2.23. The Kier molecular flexibility index (Phi) is 6.91. The van der Waals surface area contributed by atoms with Gasteiger partial charge in [-0.15, -0.1) is 12.8 Å². The molecule has 0 aliphatic carbocycles. The molecule has 0 radical (unpaired) electrons. The predicted octanol–water partition coefficient (Wildman–Crippen LogP) is 0.415. The highest BCUT2D eigenvalue weighted by Gasteiger charge is 2.22. The van der Waals surface area contributed by atoms with Crippen LogP contribution in [0.3, 0.4) is 0 Å². The number of hydrogen-bond acceptors (Lipinski definition) is 3. The molecule has 0 aromatic carbocycles. The van der Waals surface area contributed by atoms with E-state index in [0.717, 1.165) is 6.54 Å². The van der Waals surface area contributed by atoms with Crippen molar-refractivity contribution in [3.05, 3.63) is 0 Å². The molecule has 0 rings (SSSR count). The Morgan fingerprint density at radius 3 is 2.06 bits per heavy atom. The van der Waals surface area contributed by atoms with E-state index in [2.05, 4.69) is 11.8 Å². The molecule has 0 spiro atoms. The van der Waals surface area contributed by atoms with Crippen LogP contribution in [0.4, 0.5) is 0 Å². The molecule has 4 nitrogen and oxygen atoms in total. The molecule has 0 saturated carbocycles. The largest absolute Gasteiger partial charge is 0.748 e. The first-order valence-corrected chi connectivity index (χ1v) is 7.12. The van der Waals surface area contributed by atoms with Gasteiger partial charge < -0.3 is 9.04 Å². The van der Waals surface area contributed by atoms with Crippen LogP contribution in [0, 0.1) is 24.7 Å². The Morgan fingerprint density at radius 1 is 1.18 bits per heavy atom. The maximum atomic E-state index is 10.5. The third kappa shape index (κ3) is 7.01. The van der Waals surface area contributed by atoms with Gasteiger partial charge in [0.1, 0.15) is 13.1 Å². The van der Waals surface area contributed by atoms with Crippen molar-refractivity contribution in [1.29, 1.82) is 0 Å². The maximum absolute atomic E-state index is 10.5. The number of nitrogens with zero attached hydrogens (tertiary/aromatic N) is 1. The summed E-state index contributed by atoms with van der Waals surface area (Å²) in [7, 11) is -4.11. The topological polar surface area (TPSA) is 57.2 Å². The van der Waals surface area contributed by atoms with Gasteiger partial charge in [-0.1, -0.05) is 0 Å². The van der Waals surface area contributed by atoms with E-state index >= 15 is 0 Å². The molecule has 0 aliphatic rings. The molecular formula is C12H19NO3S. The second-order valence-corrected chi connectivity index (χ2v) is 5.60. The second-order valence-electron chi connectivity index (χ2n) is 4.07. The summed E-state index contributed by atoms with van der Waals surface area (Å²) < 4.78 is 31.9. The number of rotatable bonds is 8. The summed E-state index contributed by atoms with van der Waals surface area (Å²) >= 11 is 0. The van der Waals surface area contributed by atoms with Crippen molar-refractivity contribution in [2.75, 3.05) is 31.9 Å². The lowest BCUT2D eigenvalue weighted by Crippen LogP contribution is -2.49. The second kappa shape index (κ2) is 7.34. The Labute approximate surface area is 104 Å². The molecule has 0 amide bonds. The number of quaternary nitrogens is 1. The molecule has 0 saturated heterocycles. The highest BCUT2D eigenvalue weighted by atomic mass is 32.2. The van der Waals surface area contributed by atoms with Crippen molar-refractivity contribution in [3.8, 4) is 24.7 Å². The van der Waals surface area contributed by atoms with Crippen molar-refractivity contribution in [3.63, 3.8) is 0 Å². The summed E-state index contributed by atoms with van der Waals surface area (Å²) in [6.07, 6.45) is 11.6. The number of terminal acetylenes is 2. The maximum Gasteiger partial charge on any atom is 0.141 e. The van der Waals surface area contributed by atoms with E-state index in [1.807, 2.05) is 6.92 Å². The van der Waals surface area contributed by atoms with Crippen molar-refractivity contribution in [1.82, 2.24) is 0 Å². The Morgan fingerprint density at radius 2 is 1.71 bits per heavy atom. The normalized spacial score (nSPS) is 11.8. The fraction of sp³-hybridized carbons (Fsp3) is 0.667. The van der Waals surface area contributed by atoms with Crippen LogP contribution in [-0.2, 0) is 10.1 Å². The van der Waals surface area contributed by atoms with Gasteiger partial charge in [-0.25, -0.2) is 8.42 Å². The zero-order valence-corrected chi connectivity index (χ0v) is 11.0. The van der Waals surface area contributed by atoms with Gasteiger partial charge in [-0.3, -0.25) is 0 Å². The molecule has 0 aromatic rings. The van der Waals surface area contributed by atoms with Crippen LogP contribution in [0.5, 0.6) is 0 Å². The van der Waals surface area contributed by atoms with Gasteiger partial charge in [0, 0.05) is 5.75 Å². The summed E-state index contributed by atoms with van der Waals surface area (Å²) in [6, 6.07) is 0. The van der Waals surface area contributed by atoms with Gasteiger partial charge in [-0.2, -0.15) is 0 Å². The molecule has 0 unspecified atom stereocenters. The van der Waals surface area contributed by atoms with E-state index in [1.165, 1.54) is 0 Å². The fourth-order valence-corrected chi connectivity index (χ4v) is 2.27. The van der Waals surface area contributed by atoms with E-state index in [-0.39, 0.29) is 5.75 Å². The zero-order valence-electron chi connectivity index (χ0n) is 10.2. The molecule has 5 heteroatoms. The van der Waals surface area contributed by atoms with E-state index < -0.39 is 10.1 Å². The quantitative estimate of drug-likeness (QED) is 0.274. The Bertz CT molecular complexity index is 384. The molecular weight excluding hydrogens is 238 g/mol. The fourth-order valence-electron chi connectivity index (χ4n) is 1.71. The third-order valence-electron chi connectivity index (χ3n) is 2.80. The van der Waals surface area contributed by atoms with E-state index in [1.54, 1.807) is 0 Å². The summed E-state index contributed by atoms with van der Waals surface area (Å²) in [4.78, 5) is 0. The monoisotopic (exact) mass is 257 g/mol. The van der Waals surface area contributed by atoms with Gasteiger partial charge in [0.25, 0.3) is 0 Å². The summed E-state index contributed by atoms with van der Waals surface area (Å²) in [5.41, 5.74) is 0. The highest BCUT2D eigenvalue weighted by Crippen LogP contribution is 2.09. The summed E-state index contributed by atoms with van der Waals surface area (Å²) in [5.74, 6) is 4.88. The van der Waals surface area contributed by atoms with Gasteiger partial charge in [0.05, 0.1) is 23.2 Å². The van der Waals surface area contributed by atoms with Crippen LogP contribution in [0.2, 0.25) is 0 Å². The number of hydrogen-bond donors (Lipinski definition) is 0. The number of unbranched alkanes of at least 4 members (excludes halogenated alkanes) is 1. The van der Waals surface area contributed by atoms with Crippen molar-refractivity contribution < 1.29 is 17.5 Å². The molecule has 96 valence electrons. The van der Waals surface area contributed by atoms with Gasteiger partial charge in [-0.05, 0) is 31.6 Å². The van der Waals surface area contributed by atoms with Crippen LogP contribution >= 0.6 is 0 Å². The first-order valence-electron chi connectivity index (χ1n) is 5.55. The minimum absolute atomic E-state index is 0.317. The summed E-state index contributed by atoms with van der Waals surface area (Å²) in [5, 5.41) is 0. The molecule has 0 heterocycles. The average molecular weight is 257 g/mol. The van der Waals surface area contributed by atoms with Crippen molar-refractivity contribution >= 4 is 10.1 Å². The summed E-state index contributed by atoms with van der Waals surface area (Å²) in [6.45, 7) is 4.58. The minimum Gasteiger partial charge on any atom is -0.748 e. The Balaban J connectivity index is 4.27. The standard InChI is InChI=1S/C12H19NO3S/c1-4-9-13(6-3,10-5-2)11-7-8-12-17(14,15)16/h1-2H,6-12H2,3H3. The van der Waals surface area contributed by atoms with Crippen LogP contribution < -0.4 is 0 Å². The highest BCUT2D eigenvalue weighted by molar-refractivity contribution is 7.85. The lowest BCUT2D eigenvalue weighted by Gasteiger charge is -2.34. The smallest absolute Gasteiger partial charge is 0.141 e. The molecule has 0 aromatic heterocycles. The van der Waals surface area contributed by atoms with Crippen molar-refractivity contribution in [2.45, 2.75) is 19.8 Å². The minimum atomic E-state index is -4.11. The molecule has 0 aliphatic heterocycles. The molecule has 0 fully saturated rings. The van der Waals surface area contributed by atoms with E-state index in [0.29, 0.717) is 37.0 Å². The van der Waals surface area contributed by atoms with E-state index in [4.69, 9.17) is 12.8 Å². The van der Waals surface area contributed by atoms with Crippen LogP contribution in [0.25, 0.3) is 0 Å². The SMILES string of the molecule is C#CC[N+](CC)(CC#C)CCCCS(=O)(=O)[O-]. The van der Waals surface area contributed by atoms with Crippen molar-refractivity contribution in [2.24, 2.45) is 0 Å². The predicted molar refractivity (Wildman–Crippen MR) is 66.9 cm³/mol. The third-order valence-corrected chi connectivity index (χ3v) is 3.59. The van der Waals surface area contributed by atoms with Crippen LogP contribution in [-0.4, -0.2) is 49.4 Å². The molecule has 17 heavy (non-hydrogen) atoms. The van der Waals surface area contributed by atoms with Gasteiger partial charge in [0.2, 0.25) is 0 Å². The first-order chi connectivity index (χ1) is 7.89. The zero-order chi connectivity index (χ0) is 13.4.